The summed E-state index contributed by atoms with van der Waals surface area (Å²) in [7, 11) is 1.90. The van der Waals surface area contributed by atoms with Gasteiger partial charge in [-0.15, -0.1) is 0 Å². The summed E-state index contributed by atoms with van der Waals surface area (Å²) >= 11 is 0. The monoisotopic (exact) mass is 316 g/mol. The first-order valence-corrected chi connectivity index (χ1v) is 7.15. The van der Waals surface area contributed by atoms with Crippen molar-refractivity contribution in [1.82, 2.24) is 10.2 Å². The standard InChI is InChI=1S/C15H19F3N2O2/c1-19-12-6-8-20(9-7-12)14(21)10-22-13-4-2-11(3-5-13)15(16,17)18/h2-5,12,19H,6-10H2,1H3. The van der Waals surface area contributed by atoms with Crippen LogP contribution in [0.2, 0.25) is 0 Å². The van der Waals surface area contributed by atoms with Crippen molar-refractivity contribution < 1.29 is 22.7 Å². The number of hydrogen-bond donors (Lipinski definition) is 1. The molecule has 1 amide bonds. The Bertz CT molecular complexity index is 495. The van der Waals surface area contributed by atoms with Crippen molar-refractivity contribution in [1.29, 1.82) is 0 Å². The molecule has 0 aliphatic carbocycles. The molecule has 1 aliphatic rings. The third kappa shape index (κ3) is 4.37. The van der Waals surface area contributed by atoms with E-state index in [4.69, 9.17) is 4.74 Å². The molecule has 0 unspecified atom stereocenters. The van der Waals surface area contributed by atoms with Gasteiger partial charge in [-0.25, -0.2) is 0 Å². The van der Waals surface area contributed by atoms with Gasteiger partial charge in [0, 0.05) is 19.1 Å². The zero-order valence-corrected chi connectivity index (χ0v) is 12.3. The minimum absolute atomic E-state index is 0.144. The first-order valence-electron chi connectivity index (χ1n) is 7.15. The molecule has 1 heterocycles. The average molecular weight is 316 g/mol. The van der Waals surface area contributed by atoms with Gasteiger partial charge in [0.15, 0.2) is 6.61 Å². The van der Waals surface area contributed by atoms with Crippen LogP contribution in [0.15, 0.2) is 24.3 Å². The zero-order valence-electron chi connectivity index (χ0n) is 12.3. The Balaban J connectivity index is 1.81. The third-order valence-corrected chi connectivity index (χ3v) is 3.80. The fourth-order valence-corrected chi connectivity index (χ4v) is 2.39. The number of nitrogens with zero attached hydrogens (tertiary/aromatic N) is 1. The number of halogens is 3. The quantitative estimate of drug-likeness (QED) is 0.927. The average Bonchev–Trinajstić information content (AvgIpc) is 2.52. The summed E-state index contributed by atoms with van der Waals surface area (Å²) in [5, 5.41) is 3.18. The minimum Gasteiger partial charge on any atom is -0.484 e. The number of likely N-dealkylation sites (tertiary alicyclic amines) is 1. The number of piperidine rings is 1. The van der Waals surface area contributed by atoms with E-state index >= 15 is 0 Å². The Morgan fingerprint density at radius 1 is 1.27 bits per heavy atom. The van der Waals surface area contributed by atoms with E-state index in [1.54, 1.807) is 4.90 Å². The van der Waals surface area contributed by atoms with Crippen LogP contribution in [0.5, 0.6) is 5.75 Å². The lowest BCUT2D eigenvalue weighted by molar-refractivity contribution is -0.138. The van der Waals surface area contributed by atoms with E-state index in [1.165, 1.54) is 12.1 Å². The van der Waals surface area contributed by atoms with Crippen molar-refractivity contribution in [3.05, 3.63) is 29.8 Å². The summed E-state index contributed by atoms with van der Waals surface area (Å²) in [5.74, 6) is 0.112. The van der Waals surface area contributed by atoms with Crippen molar-refractivity contribution in [2.75, 3.05) is 26.7 Å². The summed E-state index contributed by atoms with van der Waals surface area (Å²) in [4.78, 5) is 13.7. The molecule has 1 aliphatic heterocycles. The second-order valence-corrected chi connectivity index (χ2v) is 5.25. The number of nitrogens with one attached hydrogen (secondary N) is 1. The lowest BCUT2D eigenvalue weighted by atomic mass is 10.1. The van der Waals surface area contributed by atoms with Crippen LogP contribution in [0.3, 0.4) is 0 Å². The highest BCUT2D eigenvalue weighted by Crippen LogP contribution is 2.30. The maximum Gasteiger partial charge on any atom is 0.416 e. The molecule has 0 spiro atoms. The fourth-order valence-electron chi connectivity index (χ4n) is 2.39. The van der Waals surface area contributed by atoms with E-state index in [2.05, 4.69) is 5.32 Å². The fraction of sp³-hybridized carbons (Fsp3) is 0.533. The molecule has 0 atom stereocenters. The molecular weight excluding hydrogens is 297 g/mol. The van der Waals surface area contributed by atoms with Gasteiger partial charge in [0.2, 0.25) is 0 Å². The summed E-state index contributed by atoms with van der Waals surface area (Å²) in [5.41, 5.74) is -0.736. The van der Waals surface area contributed by atoms with Gasteiger partial charge in [-0.05, 0) is 44.2 Å². The molecule has 1 saturated heterocycles. The number of hydrogen-bond acceptors (Lipinski definition) is 3. The molecule has 122 valence electrons. The van der Waals surface area contributed by atoms with E-state index in [9.17, 15) is 18.0 Å². The van der Waals surface area contributed by atoms with Crippen LogP contribution in [0, 0.1) is 0 Å². The largest absolute Gasteiger partial charge is 0.484 e. The number of alkyl halides is 3. The topological polar surface area (TPSA) is 41.6 Å². The number of benzene rings is 1. The van der Waals surface area contributed by atoms with E-state index < -0.39 is 11.7 Å². The smallest absolute Gasteiger partial charge is 0.416 e. The number of ether oxygens (including phenoxy) is 1. The zero-order chi connectivity index (χ0) is 16.2. The van der Waals surface area contributed by atoms with Crippen LogP contribution in [0.1, 0.15) is 18.4 Å². The van der Waals surface area contributed by atoms with Crippen LogP contribution in [-0.2, 0) is 11.0 Å². The third-order valence-electron chi connectivity index (χ3n) is 3.80. The Morgan fingerprint density at radius 3 is 2.36 bits per heavy atom. The molecule has 4 nitrogen and oxygen atoms in total. The molecular formula is C15H19F3N2O2. The first kappa shape index (κ1) is 16.6. The summed E-state index contributed by atoms with van der Waals surface area (Å²) in [6, 6.07) is 4.77. The van der Waals surface area contributed by atoms with Crippen LogP contribution in [0.4, 0.5) is 13.2 Å². The van der Waals surface area contributed by atoms with Crippen molar-refractivity contribution in [3.8, 4) is 5.75 Å². The molecule has 2 rings (SSSR count). The van der Waals surface area contributed by atoms with E-state index in [0.717, 1.165) is 25.0 Å². The second-order valence-electron chi connectivity index (χ2n) is 5.25. The molecule has 0 bridgehead atoms. The molecule has 0 radical (unpaired) electrons. The van der Waals surface area contributed by atoms with E-state index in [1.807, 2.05) is 7.05 Å². The van der Waals surface area contributed by atoms with Gasteiger partial charge in [0.1, 0.15) is 5.75 Å². The molecule has 1 N–H and O–H groups in total. The lowest BCUT2D eigenvalue weighted by Gasteiger charge is -2.31. The Hall–Kier alpha value is -1.76. The van der Waals surface area contributed by atoms with Crippen molar-refractivity contribution in [2.24, 2.45) is 0 Å². The number of rotatable bonds is 4. The number of amides is 1. The maximum absolute atomic E-state index is 12.4. The SMILES string of the molecule is CNC1CCN(C(=O)COc2ccc(C(F)(F)F)cc2)CC1. The van der Waals surface area contributed by atoms with Gasteiger partial charge in [-0.3, -0.25) is 4.79 Å². The Morgan fingerprint density at radius 2 is 1.86 bits per heavy atom. The predicted molar refractivity (Wildman–Crippen MR) is 75.6 cm³/mol. The van der Waals surface area contributed by atoms with Crippen LogP contribution >= 0.6 is 0 Å². The molecule has 7 heteroatoms. The highest BCUT2D eigenvalue weighted by Gasteiger charge is 2.30. The van der Waals surface area contributed by atoms with Gasteiger partial charge in [0.05, 0.1) is 5.56 Å². The maximum atomic E-state index is 12.4. The molecule has 22 heavy (non-hydrogen) atoms. The molecule has 1 aromatic carbocycles. The second kappa shape index (κ2) is 7.00. The van der Waals surface area contributed by atoms with Crippen molar-refractivity contribution >= 4 is 5.91 Å². The lowest BCUT2D eigenvalue weighted by Crippen LogP contribution is -2.45. The predicted octanol–water partition coefficient (Wildman–Crippen LogP) is 2.29. The van der Waals surface area contributed by atoms with Gasteiger partial charge >= 0.3 is 6.18 Å². The molecule has 1 aromatic rings. The highest BCUT2D eigenvalue weighted by molar-refractivity contribution is 5.77. The molecule has 0 saturated carbocycles. The van der Waals surface area contributed by atoms with Gasteiger partial charge in [0.25, 0.3) is 5.91 Å². The summed E-state index contributed by atoms with van der Waals surface area (Å²) in [6.45, 7) is 1.18. The van der Waals surface area contributed by atoms with E-state index in [0.29, 0.717) is 19.1 Å². The van der Waals surface area contributed by atoms with E-state index in [-0.39, 0.29) is 18.3 Å². The molecule has 0 aromatic heterocycles. The number of carbonyl (C=O) groups excluding carboxylic acids is 1. The summed E-state index contributed by atoms with van der Waals surface area (Å²) < 4.78 is 42.6. The van der Waals surface area contributed by atoms with Crippen molar-refractivity contribution in [3.63, 3.8) is 0 Å². The number of carbonyl (C=O) groups is 1. The Kier molecular flexibility index (Phi) is 5.28. The summed E-state index contributed by atoms with van der Waals surface area (Å²) in [6.07, 6.45) is -2.59. The normalized spacial score (nSPS) is 16.6. The first-order chi connectivity index (χ1) is 10.4. The van der Waals surface area contributed by atoms with Gasteiger partial charge < -0.3 is 15.0 Å². The Labute approximate surface area is 127 Å². The highest BCUT2D eigenvalue weighted by atomic mass is 19.4. The van der Waals surface area contributed by atoms with Crippen LogP contribution in [-0.4, -0.2) is 43.6 Å². The van der Waals surface area contributed by atoms with Crippen LogP contribution in [0.25, 0.3) is 0 Å². The van der Waals surface area contributed by atoms with Gasteiger partial charge in [-0.1, -0.05) is 0 Å². The van der Waals surface area contributed by atoms with Crippen molar-refractivity contribution in [2.45, 2.75) is 25.1 Å². The molecule has 1 fully saturated rings. The van der Waals surface area contributed by atoms with Crippen LogP contribution < -0.4 is 10.1 Å². The minimum atomic E-state index is -4.37. The van der Waals surface area contributed by atoms with Gasteiger partial charge in [-0.2, -0.15) is 13.2 Å².